The molecule has 0 amide bonds. The Kier molecular flexibility index (Phi) is 6.68. The Morgan fingerprint density at radius 2 is 1.59 bits per heavy atom. The van der Waals surface area contributed by atoms with Crippen molar-refractivity contribution in [3.8, 4) is 22.7 Å². The third kappa shape index (κ3) is 4.66. The van der Waals surface area contributed by atoms with Gasteiger partial charge in [-0.15, -0.1) is 0 Å². The van der Waals surface area contributed by atoms with Gasteiger partial charge in [0.15, 0.2) is 5.69 Å². The molecule has 34 heavy (non-hydrogen) atoms. The SMILES string of the molecule is COC(=O)c1c(-c2ccc(COc3cccc(F)c3)cc2)nn(-c2ccccc2)c1C(=O)OC. The van der Waals surface area contributed by atoms with Crippen molar-refractivity contribution in [2.75, 3.05) is 14.2 Å². The zero-order valence-electron chi connectivity index (χ0n) is 18.5. The van der Waals surface area contributed by atoms with E-state index in [9.17, 15) is 14.0 Å². The maximum Gasteiger partial charge on any atom is 0.357 e. The Morgan fingerprint density at radius 3 is 2.24 bits per heavy atom. The smallest absolute Gasteiger partial charge is 0.357 e. The van der Waals surface area contributed by atoms with Crippen LogP contribution in [-0.2, 0) is 16.1 Å². The molecule has 0 atom stereocenters. The minimum absolute atomic E-state index is 0.00182. The lowest BCUT2D eigenvalue weighted by atomic mass is 10.0. The van der Waals surface area contributed by atoms with Crippen LogP contribution in [0.25, 0.3) is 16.9 Å². The number of carbonyl (C=O) groups is 2. The van der Waals surface area contributed by atoms with E-state index in [1.165, 1.54) is 31.0 Å². The van der Waals surface area contributed by atoms with Crippen molar-refractivity contribution in [3.05, 3.63) is 102 Å². The lowest BCUT2D eigenvalue weighted by Gasteiger charge is -2.08. The fourth-order valence-electron chi connectivity index (χ4n) is 3.44. The number of hydrogen-bond acceptors (Lipinski definition) is 6. The molecule has 0 unspecified atom stereocenters. The van der Waals surface area contributed by atoms with E-state index < -0.39 is 11.9 Å². The summed E-state index contributed by atoms with van der Waals surface area (Å²) in [6.07, 6.45) is 0. The number of benzene rings is 3. The van der Waals surface area contributed by atoms with Gasteiger partial charge in [-0.1, -0.05) is 48.5 Å². The predicted molar refractivity (Wildman–Crippen MR) is 122 cm³/mol. The molecule has 0 bridgehead atoms. The first kappa shape index (κ1) is 22.7. The molecule has 172 valence electrons. The summed E-state index contributed by atoms with van der Waals surface area (Å²) in [5.41, 5.74) is 2.24. The largest absolute Gasteiger partial charge is 0.489 e. The maximum absolute atomic E-state index is 13.3. The molecule has 4 rings (SSSR count). The second-order valence-corrected chi connectivity index (χ2v) is 7.25. The van der Waals surface area contributed by atoms with Crippen LogP contribution in [0.4, 0.5) is 4.39 Å². The molecule has 0 saturated carbocycles. The van der Waals surface area contributed by atoms with Gasteiger partial charge >= 0.3 is 11.9 Å². The van der Waals surface area contributed by atoms with E-state index in [2.05, 4.69) is 5.10 Å². The molecule has 3 aromatic carbocycles. The van der Waals surface area contributed by atoms with Gasteiger partial charge in [0.2, 0.25) is 0 Å². The maximum atomic E-state index is 13.3. The highest BCUT2D eigenvalue weighted by atomic mass is 19.1. The summed E-state index contributed by atoms with van der Waals surface area (Å²) in [7, 11) is 2.47. The van der Waals surface area contributed by atoms with Crippen LogP contribution in [0.5, 0.6) is 5.75 Å². The number of halogens is 1. The standard InChI is InChI=1S/C26H21FN2O5/c1-32-25(30)22-23(28-29(24(22)26(31)33-2)20-8-4-3-5-9-20)18-13-11-17(12-14-18)16-34-21-10-6-7-19(27)15-21/h3-15H,16H2,1-2H3. The van der Waals surface area contributed by atoms with Crippen molar-refractivity contribution in [2.45, 2.75) is 6.61 Å². The third-order valence-corrected chi connectivity index (χ3v) is 5.08. The number of ether oxygens (including phenoxy) is 3. The number of nitrogens with zero attached hydrogens (tertiary/aromatic N) is 2. The Bertz CT molecular complexity index is 1320. The second-order valence-electron chi connectivity index (χ2n) is 7.25. The number of esters is 2. The number of carbonyl (C=O) groups excluding carboxylic acids is 2. The molecule has 0 N–H and O–H groups in total. The van der Waals surface area contributed by atoms with E-state index in [1.54, 1.807) is 60.7 Å². The predicted octanol–water partition coefficient (Wildman–Crippen LogP) is 4.83. The van der Waals surface area contributed by atoms with E-state index in [-0.39, 0.29) is 29.4 Å². The molecule has 0 spiro atoms. The minimum Gasteiger partial charge on any atom is -0.489 e. The molecule has 8 heteroatoms. The Balaban J connectivity index is 1.72. The monoisotopic (exact) mass is 460 g/mol. The number of aromatic nitrogens is 2. The molecular weight excluding hydrogens is 439 g/mol. The molecule has 1 heterocycles. The number of methoxy groups -OCH3 is 2. The average molecular weight is 460 g/mol. The Morgan fingerprint density at radius 1 is 0.882 bits per heavy atom. The van der Waals surface area contributed by atoms with E-state index >= 15 is 0 Å². The first-order chi connectivity index (χ1) is 16.5. The average Bonchev–Trinajstić information content (AvgIpc) is 3.28. The molecular formula is C26H21FN2O5. The summed E-state index contributed by atoms with van der Waals surface area (Å²) in [5, 5.41) is 4.56. The highest BCUT2D eigenvalue weighted by Crippen LogP contribution is 2.29. The summed E-state index contributed by atoms with van der Waals surface area (Å²) in [6.45, 7) is 0.222. The van der Waals surface area contributed by atoms with Crippen LogP contribution in [0.3, 0.4) is 0 Å². The van der Waals surface area contributed by atoms with Crippen LogP contribution in [0, 0.1) is 5.82 Å². The highest BCUT2D eigenvalue weighted by molar-refractivity contribution is 6.06. The van der Waals surface area contributed by atoms with Gasteiger partial charge in [-0.2, -0.15) is 5.10 Å². The summed E-state index contributed by atoms with van der Waals surface area (Å²) in [4.78, 5) is 25.4. The lowest BCUT2D eigenvalue weighted by molar-refractivity contribution is 0.0549. The van der Waals surface area contributed by atoms with Gasteiger partial charge in [-0.25, -0.2) is 18.7 Å². The van der Waals surface area contributed by atoms with E-state index in [0.29, 0.717) is 17.0 Å². The topological polar surface area (TPSA) is 79.7 Å². The molecule has 0 radical (unpaired) electrons. The highest BCUT2D eigenvalue weighted by Gasteiger charge is 2.31. The quantitative estimate of drug-likeness (QED) is 0.368. The first-order valence-electron chi connectivity index (χ1n) is 10.3. The van der Waals surface area contributed by atoms with Gasteiger partial charge in [0.05, 0.1) is 19.9 Å². The van der Waals surface area contributed by atoms with Crippen LogP contribution < -0.4 is 4.74 Å². The van der Waals surface area contributed by atoms with Crippen LogP contribution in [-0.4, -0.2) is 35.9 Å². The van der Waals surface area contributed by atoms with E-state index in [4.69, 9.17) is 14.2 Å². The van der Waals surface area contributed by atoms with Crippen molar-refractivity contribution in [2.24, 2.45) is 0 Å². The van der Waals surface area contributed by atoms with Crippen LogP contribution in [0.1, 0.15) is 26.4 Å². The molecule has 4 aromatic rings. The third-order valence-electron chi connectivity index (χ3n) is 5.08. The second kappa shape index (κ2) is 9.99. The zero-order chi connectivity index (χ0) is 24.1. The van der Waals surface area contributed by atoms with Crippen molar-refractivity contribution in [1.29, 1.82) is 0 Å². The Hall–Kier alpha value is -4.46. The van der Waals surface area contributed by atoms with Crippen molar-refractivity contribution in [1.82, 2.24) is 9.78 Å². The van der Waals surface area contributed by atoms with Crippen LogP contribution in [0.2, 0.25) is 0 Å². The summed E-state index contributed by atoms with van der Waals surface area (Å²) < 4.78 is 30.2. The number of para-hydroxylation sites is 1. The summed E-state index contributed by atoms with van der Waals surface area (Å²) in [6, 6.07) is 22.0. The molecule has 1 aromatic heterocycles. The van der Waals surface area contributed by atoms with Gasteiger partial charge in [0.25, 0.3) is 0 Å². The fourth-order valence-corrected chi connectivity index (χ4v) is 3.44. The van der Waals surface area contributed by atoms with Crippen LogP contribution >= 0.6 is 0 Å². The van der Waals surface area contributed by atoms with Crippen molar-refractivity contribution in [3.63, 3.8) is 0 Å². The van der Waals surface area contributed by atoms with Gasteiger partial charge in [0.1, 0.15) is 29.4 Å². The zero-order valence-corrected chi connectivity index (χ0v) is 18.5. The van der Waals surface area contributed by atoms with Gasteiger partial charge in [0, 0.05) is 11.6 Å². The summed E-state index contributed by atoms with van der Waals surface area (Å²) >= 11 is 0. The number of hydrogen-bond donors (Lipinski definition) is 0. The summed E-state index contributed by atoms with van der Waals surface area (Å²) in [5.74, 6) is -1.39. The molecule has 0 aliphatic heterocycles. The van der Waals surface area contributed by atoms with Gasteiger partial charge in [-0.3, -0.25) is 0 Å². The molecule has 0 fully saturated rings. The van der Waals surface area contributed by atoms with E-state index in [1.807, 2.05) is 6.07 Å². The van der Waals surface area contributed by atoms with Gasteiger partial charge in [-0.05, 0) is 29.8 Å². The normalized spacial score (nSPS) is 10.6. The molecule has 0 saturated heterocycles. The number of rotatable bonds is 7. The van der Waals surface area contributed by atoms with Gasteiger partial charge < -0.3 is 14.2 Å². The molecule has 7 nitrogen and oxygen atoms in total. The fraction of sp³-hybridized carbons (Fsp3) is 0.115. The van der Waals surface area contributed by atoms with E-state index in [0.717, 1.165) is 5.56 Å². The first-order valence-corrected chi connectivity index (χ1v) is 10.3. The molecule has 0 aliphatic carbocycles. The van der Waals surface area contributed by atoms with Crippen molar-refractivity contribution < 1.29 is 28.2 Å². The molecule has 0 aliphatic rings. The Labute approximate surface area is 195 Å². The van der Waals surface area contributed by atoms with Crippen LogP contribution in [0.15, 0.2) is 78.9 Å². The van der Waals surface area contributed by atoms with Crippen molar-refractivity contribution >= 4 is 11.9 Å². The lowest BCUT2D eigenvalue weighted by Crippen LogP contribution is -2.15. The minimum atomic E-state index is -0.719.